The summed E-state index contributed by atoms with van der Waals surface area (Å²) in [6.45, 7) is 29.4. The molecule has 9 heteroatoms. The number of hydrogen-bond donors (Lipinski definition) is 0. The van der Waals surface area contributed by atoms with E-state index in [0.29, 0.717) is 16.9 Å². The van der Waals surface area contributed by atoms with Crippen LogP contribution in [0.1, 0.15) is 148 Å². The summed E-state index contributed by atoms with van der Waals surface area (Å²) in [5.41, 5.74) is 19.3. The average Bonchev–Trinajstić information content (AvgIpc) is 1.48. The zero-order valence-corrected chi connectivity index (χ0v) is 54.7. The highest BCUT2D eigenvalue weighted by atomic mass is 16.1. The molecule has 0 N–H and O–H groups in total. The Morgan fingerprint density at radius 2 is 0.641 bits per heavy atom. The smallest absolute Gasteiger partial charge is 0.277 e. The molecule has 17 rings (SSSR count). The van der Waals surface area contributed by atoms with E-state index in [2.05, 4.69) is 286 Å². The van der Waals surface area contributed by atoms with Crippen molar-refractivity contribution in [2.45, 2.75) is 130 Å². The summed E-state index contributed by atoms with van der Waals surface area (Å²) in [5, 5.41) is 5.84. The van der Waals surface area contributed by atoms with Gasteiger partial charge in [0.05, 0.1) is 0 Å². The van der Waals surface area contributed by atoms with Gasteiger partial charge >= 0.3 is 0 Å². The van der Waals surface area contributed by atoms with Crippen LogP contribution >= 0.6 is 0 Å². The van der Waals surface area contributed by atoms with Gasteiger partial charge in [0.1, 0.15) is 16.9 Å². The molecule has 92 heavy (non-hydrogen) atoms. The standard InChI is InChI=1S/C83H74N6O3/c1-45-66-69(80(7,8)78(45,3)4)87-35-32-50-38-47(26-29-62(50)72(87)84-75(66)90)56-20-14-17-23-59(56)53-41-54(60-24-18-15-21-57(60)48-27-30-63-51(39-48)33-36-88-70-67(76(91)85-73(63)88)46(2)79(5,6)81(70,9)10)43-55(42-53)61-25-19-16-22-58(61)49-28-31-64-52(40-49)34-37-89-71-68(77(92)86-74(64)89)65-44-83(65,13)82(71,11)12/h14-43,45-46,65H,44H2,1-13H3. The minimum Gasteiger partial charge on any atom is -0.304 e. The van der Waals surface area contributed by atoms with Crippen LogP contribution in [-0.4, -0.2) is 28.2 Å². The fourth-order valence-electron chi connectivity index (χ4n) is 17.6. The molecule has 0 spiro atoms. The van der Waals surface area contributed by atoms with Gasteiger partial charge in [-0.1, -0.05) is 199 Å². The van der Waals surface area contributed by atoms with Crippen LogP contribution in [0.4, 0.5) is 0 Å². The van der Waals surface area contributed by atoms with Gasteiger partial charge in [-0.05, 0) is 178 Å². The number of nitrogens with zero attached hydrogens (tertiary/aromatic N) is 6. The van der Waals surface area contributed by atoms with Crippen LogP contribution in [0.25, 0.3) is 116 Å². The number of aromatic nitrogens is 6. The summed E-state index contributed by atoms with van der Waals surface area (Å²) in [4.78, 5) is 56.7. The molecule has 0 saturated heterocycles. The molecule has 7 aromatic carbocycles. The fourth-order valence-corrected chi connectivity index (χ4v) is 17.6. The van der Waals surface area contributed by atoms with Crippen molar-refractivity contribution in [2.24, 2.45) is 16.2 Å². The van der Waals surface area contributed by atoms with Crippen LogP contribution in [0, 0.1) is 16.2 Å². The monoisotopic (exact) mass is 1200 g/mol. The van der Waals surface area contributed by atoms with Crippen molar-refractivity contribution in [2.75, 3.05) is 0 Å². The van der Waals surface area contributed by atoms with Crippen LogP contribution in [0.15, 0.2) is 197 Å². The van der Waals surface area contributed by atoms with Gasteiger partial charge in [0, 0.05) is 84.8 Å². The molecule has 454 valence electrons. The number of rotatable bonds is 6. The van der Waals surface area contributed by atoms with Crippen LogP contribution in [0.5, 0.6) is 0 Å². The van der Waals surface area contributed by atoms with E-state index in [9.17, 15) is 14.4 Å². The lowest BCUT2D eigenvalue weighted by atomic mass is 9.66. The SMILES string of the molecule is CC1c2c(n3ccc4cc(-c5ccccc5-c5cc(-c6ccccc6-c6ccc7c(ccn8c9c(c(=O)nc78)C(C)C(C)(C)C9(C)C)c6)cc(-c6ccccc6-c6ccc7c(ccn8c9c(c(=O)nc78)C7CC7(C)C9(C)C)c6)c5)ccc4c3nc2=O)C(C)(C)C1(C)C. The second-order valence-corrected chi connectivity index (χ2v) is 30.3. The summed E-state index contributed by atoms with van der Waals surface area (Å²) in [6.07, 6.45) is 7.40. The van der Waals surface area contributed by atoms with E-state index in [1.54, 1.807) is 0 Å². The third-order valence-corrected chi connectivity index (χ3v) is 25.2. The summed E-state index contributed by atoms with van der Waals surface area (Å²) in [7, 11) is 0. The van der Waals surface area contributed by atoms with Crippen molar-refractivity contribution < 1.29 is 0 Å². The maximum absolute atomic E-state index is 14.1. The predicted molar refractivity (Wildman–Crippen MR) is 376 cm³/mol. The molecule has 4 aliphatic carbocycles. The van der Waals surface area contributed by atoms with Crippen molar-refractivity contribution in [1.29, 1.82) is 0 Å². The molecule has 0 amide bonds. The Kier molecular flexibility index (Phi) is 11.4. The molecule has 6 heterocycles. The van der Waals surface area contributed by atoms with Crippen molar-refractivity contribution in [3.8, 4) is 66.8 Å². The number of fused-ring (bicyclic) bond motifs is 17. The lowest BCUT2D eigenvalue weighted by molar-refractivity contribution is 0.186. The minimum atomic E-state index is -0.267. The van der Waals surface area contributed by atoms with Crippen LogP contribution in [0.3, 0.4) is 0 Å². The average molecular weight is 1200 g/mol. The highest BCUT2D eigenvalue weighted by molar-refractivity contribution is 6.02. The molecule has 1 fully saturated rings. The lowest BCUT2D eigenvalue weighted by Crippen LogP contribution is -2.35. The van der Waals surface area contributed by atoms with Gasteiger partial charge in [0.25, 0.3) is 16.7 Å². The highest BCUT2D eigenvalue weighted by Crippen LogP contribution is 2.74. The van der Waals surface area contributed by atoms with Crippen LogP contribution < -0.4 is 16.7 Å². The Morgan fingerprint density at radius 3 is 0.967 bits per heavy atom. The van der Waals surface area contributed by atoms with E-state index in [0.717, 1.165) is 139 Å². The van der Waals surface area contributed by atoms with Gasteiger partial charge in [-0.3, -0.25) is 14.4 Å². The molecule has 4 aliphatic rings. The second kappa shape index (κ2) is 18.6. The Bertz CT molecular complexity index is 5460. The van der Waals surface area contributed by atoms with Crippen molar-refractivity contribution >= 4 is 49.3 Å². The zero-order chi connectivity index (χ0) is 63.8. The first-order valence-electron chi connectivity index (χ1n) is 32.8. The summed E-state index contributed by atoms with van der Waals surface area (Å²) in [5.74, 6) is 0.386. The zero-order valence-electron chi connectivity index (χ0n) is 54.7. The number of hydrogen-bond acceptors (Lipinski definition) is 6. The van der Waals surface area contributed by atoms with Crippen molar-refractivity contribution in [3.05, 3.63) is 247 Å². The molecular formula is C83H74N6O3. The van der Waals surface area contributed by atoms with Gasteiger partial charge < -0.3 is 13.2 Å². The Morgan fingerprint density at radius 1 is 0.348 bits per heavy atom. The molecular weight excluding hydrogens is 1130 g/mol. The normalized spacial score (nSPS) is 20.9. The van der Waals surface area contributed by atoms with E-state index >= 15 is 0 Å². The Balaban J connectivity index is 0.831. The van der Waals surface area contributed by atoms with E-state index in [4.69, 9.17) is 15.0 Å². The van der Waals surface area contributed by atoms with Crippen molar-refractivity contribution in [1.82, 2.24) is 28.2 Å². The molecule has 0 bridgehead atoms. The minimum absolute atomic E-state index is 0.0627. The summed E-state index contributed by atoms with van der Waals surface area (Å²) >= 11 is 0. The molecule has 6 aromatic heterocycles. The molecule has 9 nitrogen and oxygen atoms in total. The highest BCUT2D eigenvalue weighted by Gasteiger charge is 2.68. The largest absolute Gasteiger partial charge is 0.304 e. The maximum Gasteiger partial charge on any atom is 0.277 e. The predicted octanol–water partition coefficient (Wildman–Crippen LogP) is 18.8. The van der Waals surface area contributed by atoms with E-state index in [-0.39, 0.29) is 66.9 Å². The van der Waals surface area contributed by atoms with E-state index < -0.39 is 0 Å². The van der Waals surface area contributed by atoms with E-state index in [1.165, 1.54) is 0 Å². The molecule has 0 aliphatic heterocycles. The maximum atomic E-state index is 14.1. The summed E-state index contributed by atoms with van der Waals surface area (Å²) < 4.78 is 6.56. The first kappa shape index (κ1) is 56.4. The number of pyridine rings is 3. The topological polar surface area (TPSA) is 103 Å². The quantitative estimate of drug-likeness (QED) is 0.154. The summed E-state index contributed by atoms with van der Waals surface area (Å²) in [6, 6.07) is 59.4. The van der Waals surface area contributed by atoms with Crippen LogP contribution in [0.2, 0.25) is 0 Å². The Labute approximate surface area is 535 Å². The first-order chi connectivity index (χ1) is 43.8. The first-order valence-corrected chi connectivity index (χ1v) is 32.8. The van der Waals surface area contributed by atoms with Gasteiger partial charge in [-0.2, -0.15) is 15.0 Å². The molecule has 0 radical (unpaired) electrons. The Hall–Kier alpha value is -9.60. The molecule has 1 saturated carbocycles. The third kappa shape index (κ3) is 7.31. The lowest BCUT2D eigenvalue weighted by Gasteiger charge is -2.38. The molecule has 4 unspecified atom stereocenters. The van der Waals surface area contributed by atoms with E-state index in [1.807, 2.05) is 0 Å². The van der Waals surface area contributed by atoms with Gasteiger partial charge in [-0.15, -0.1) is 0 Å². The number of benzene rings is 7. The molecule has 13 aromatic rings. The third-order valence-electron chi connectivity index (χ3n) is 25.2. The fraction of sp³-hybridized carbons (Fsp3) is 0.277. The van der Waals surface area contributed by atoms with Gasteiger partial charge in [0.2, 0.25) is 0 Å². The van der Waals surface area contributed by atoms with Crippen LogP contribution in [-0.2, 0) is 16.2 Å². The van der Waals surface area contributed by atoms with Gasteiger partial charge in [-0.25, -0.2) is 0 Å². The molecule has 4 atom stereocenters. The van der Waals surface area contributed by atoms with Crippen molar-refractivity contribution in [3.63, 3.8) is 0 Å². The second-order valence-electron chi connectivity index (χ2n) is 30.3. The van der Waals surface area contributed by atoms with Gasteiger partial charge in [0.15, 0.2) is 0 Å².